The number of aliphatic hydroxyl groups is 5. The quantitative estimate of drug-likeness (QED) is 0.0134. The third-order valence-electron chi connectivity index (χ3n) is 23.2. The predicted octanol–water partition coefficient (Wildman–Crippen LogP) is 20.6. The first-order chi connectivity index (χ1) is 68.5. The summed E-state index contributed by atoms with van der Waals surface area (Å²) in [6.45, 7) is -2.84. The molecule has 16 aromatic carbocycles. The highest BCUT2D eigenvalue weighted by Crippen LogP contribution is 2.51. The molecule has 0 saturated carbocycles. The molecule has 0 saturated heterocycles. The van der Waals surface area contributed by atoms with Gasteiger partial charge >= 0.3 is 0 Å². The molecule has 140 heavy (non-hydrogen) atoms. The van der Waals surface area contributed by atoms with Gasteiger partial charge in [-0.05, 0) is 115 Å². The second kappa shape index (κ2) is 46.7. The predicted molar refractivity (Wildman–Crippen MR) is 525 cm³/mol. The first-order valence-corrected chi connectivity index (χ1v) is 45.4. The summed E-state index contributed by atoms with van der Waals surface area (Å²) in [7, 11) is 0. The molecule has 16 rings (SSSR count). The monoisotopic (exact) mass is 1870 g/mol. The maximum absolute atomic E-state index is 18.2. The molecule has 5 atom stereocenters. The molecule has 0 aliphatic carbocycles. The van der Waals surface area contributed by atoms with Gasteiger partial charge in [0.1, 0.15) is 91.5 Å². The molecule has 0 aromatic heterocycles. The molecular weight excluding hydrogens is 1770 g/mol. The van der Waals surface area contributed by atoms with Gasteiger partial charge in [-0.2, -0.15) is 0 Å². The Kier molecular flexibility index (Phi) is 32.1. The van der Waals surface area contributed by atoms with Crippen molar-refractivity contribution in [3.63, 3.8) is 0 Å². The van der Waals surface area contributed by atoms with E-state index in [0.29, 0.717) is 66.8 Å². The molecule has 1 unspecified atom stereocenters. The lowest BCUT2D eigenvalue weighted by Crippen LogP contribution is -2.81. The molecule has 0 aliphatic rings. The molecule has 16 aromatic rings. The van der Waals surface area contributed by atoms with Crippen LogP contribution in [0.4, 0.5) is 0 Å². The van der Waals surface area contributed by atoms with E-state index in [4.69, 9.17) is 56.8 Å². The van der Waals surface area contributed by atoms with Gasteiger partial charge in [-0.25, -0.2) is 0 Å². The minimum Gasteiger partial charge on any atom is -0.485 e. The molecular formula is C118H100O22. The van der Waals surface area contributed by atoms with Crippen molar-refractivity contribution in [1.82, 2.24) is 0 Å². The van der Waals surface area contributed by atoms with Crippen LogP contribution in [0.5, 0.6) is 69.0 Å². The van der Waals surface area contributed by atoms with E-state index in [0.717, 1.165) is 48.5 Å². The number of aliphatic hydroxyl groups excluding tert-OH is 2. The number of Topliss-reactive ketones (excluding diaryl/α,β-unsaturated/α-hetero) is 4. The number of hydrogen-bond donors (Lipinski definition) is 5. The summed E-state index contributed by atoms with van der Waals surface area (Å²) in [5.74, 6) is -11.1. The van der Waals surface area contributed by atoms with Crippen LogP contribution in [-0.2, 0) is 84.1 Å². The minimum atomic E-state index is -5.11. The zero-order valence-corrected chi connectivity index (χ0v) is 76.2. The van der Waals surface area contributed by atoms with E-state index < -0.39 is 80.7 Å². The third kappa shape index (κ3) is 23.7. The van der Waals surface area contributed by atoms with Gasteiger partial charge in [-0.1, -0.05) is 364 Å². The van der Waals surface area contributed by atoms with E-state index in [1.54, 1.807) is 328 Å². The highest BCUT2D eigenvalue weighted by atomic mass is 16.6. The summed E-state index contributed by atoms with van der Waals surface area (Å²) in [6, 6.07) is 115. The Morgan fingerprint density at radius 3 is 0.557 bits per heavy atom. The van der Waals surface area contributed by atoms with Crippen LogP contribution in [0.25, 0.3) is 0 Å². The van der Waals surface area contributed by atoms with E-state index in [2.05, 4.69) is 0 Å². The number of benzene rings is 16. The topological polar surface area (TPSA) is 297 Å². The fraction of sp³-hybridized carbons (Fsp3) is 0.144. The van der Waals surface area contributed by atoms with Crippen LogP contribution in [0.15, 0.2) is 413 Å². The van der Waals surface area contributed by atoms with E-state index >= 15 is 34.2 Å². The highest BCUT2D eigenvalue weighted by Gasteiger charge is 2.76. The standard InChI is InChI=1S/C118H100O22/c119-81-116(126,112(122)95-63-100(131-71-84-41-17-3-18-42-84)109(138-78-91-55-31-10-32-56-91)101(64-95)132-72-85-43-19-4-20-44-85)118(128,114(124)97-67-104(135-75-88-49-25-7-26-50-88)111(140-80-93-59-35-12-36-60-93)105(68-97)136-76-89-51-27-8-28-52-89)117(127,113(123)96-65-102(133-73-86-45-21-5-22-46-86)110(139-79-92-57-33-11-34-58-92)103(66-96)134-74-87-47-23-6-24-48-87)115(125)107(121)106(120)94-61-98(129-69-82-37-13-1-14-38-82)108(137-77-90-53-29-9-30-54-90)99(62-94)130-70-83-39-15-2-16-40-83/h1-68,81,107,115,121,125-128H,69-80H2/t107?,115-,116-,117-,118-/m1/s1. The zero-order chi connectivity index (χ0) is 96.9. The Morgan fingerprint density at radius 1 is 0.221 bits per heavy atom. The van der Waals surface area contributed by atoms with Gasteiger partial charge in [0, 0.05) is 22.3 Å². The second-order valence-corrected chi connectivity index (χ2v) is 33.1. The molecule has 704 valence electrons. The van der Waals surface area contributed by atoms with Crippen molar-refractivity contribution < 1.29 is 106 Å². The molecule has 0 amide bonds. The van der Waals surface area contributed by atoms with Gasteiger partial charge in [0.2, 0.25) is 51.5 Å². The SMILES string of the molecule is O=C[C@@](O)(C(=O)c1cc(OCc2ccccc2)c(OCc2ccccc2)c(OCc2ccccc2)c1)[C@](O)(C(=O)c1cc(OCc2ccccc2)c(OCc2ccccc2)c(OCc2ccccc2)c1)[C@@](O)(C(=O)c1cc(OCc2ccccc2)c(OCc2ccccc2)c(OCc2ccccc2)c1)[C@H](O)C(O)C(=O)c1cc(OCc2ccccc2)c(OCc2ccccc2)c(OCc2ccccc2)c1. The van der Waals surface area contributed by atoms with Crippen molar-refractivity contribution in [3.05, 3.63) is 502 Å². The van der Waals surface area contributed by atoms with Gasteiger partial charge in [-0.15, -0.1) is 0 Å². The summed E-state index contributed by atoms with van der Waals surface area (Å²) in [6.07, 6.45) is -7.78. The van der Waals surface area contributed by atoms with E-state index in [1.807, 2.05) is 36.4 Å². The largest absolute Gasteiger partial charge is 0.485 e. The van der Waals surface area contributed by atoms with Gasteiger partial charge < -0.3 is 82.4 Å². The summed E-state index contributed by atoms with van der Waals surface area (Å²) in [5, 5.41) is 74.3. The van der Waals surface area contributed by atoms with E-state index in [9.17, 15) is 15.3 Å². The molecule has 0 aliphatic heterocycles. The first-order valence-electron chi connectivity index (χ1n) is 45.4. The van der Waals surface area contributed by atoms with Crippen LogP contribution in [0.3, 0.4) is 0 Å². The molecule has 0 fully saturated rings. The average molecular weight is 1870 g/mol. The Balaban J connectivity index is 0.968. The van der Waals surface area contributed by atoms with E-state index in [1.165, 1.54) is 0 Å². The van der Waals surface area contributed by atoms with Crippen molar-refractivity contribution in [2.75, 3.05) is 0 Å². The Morgan fingerprint density at radius 2 is 0.379 bits per heavy atom. The summed E-state index contributed by atoms with van der Waals surface area (Å²) in [4.78, 5) is 86.4. The van der Waals surface area contributed by atoms with Crippen LogP contribution in [0.1, 0.15) is 108 Å². The van der Waals surface area contributed by atoms with Crippen molar-refractivity contribution in [2.45, 2.75) is 108 Å². The Labute approximate surface area is 809 Å². The van der Waals surface area contributed by atoms with Crippen LogP contribution >= 0.6 is 0 Å². The summed E-state index contributed by atoms with van der Waals surface area (Å²) in [5.41, 5.74) is -11.1. The van der Waals surface area contributed by atoms with E-state index in [-0.39, 0.29) is 148 Å². The molecule has 0 spiro atoms. The van der Waals surface area contributed by atoms with Gasteiger partial charge in [-0.3, -0.25) is 24.0 Å². The van der Waals surface area contributed by atoms with Crippen molar-refractivity contribution in [3.8, 4) is 69.0 Å². The van der Waals surface area contributed by atoms with Crippen LogP contribution in [0, 0.1) is 0 Å². The minimum absolute atomic E-state index is 0.0750. The number of carbonyl (C=O) groups excluding carboxylic acids is 5. The molecule has 0 radical (unpaired) electrons. The van der Waals surface area contributed by atoms with Crippen molar-refractivity contribution in [2.24, 2.45) is 0 Å². The van der Waals surface area contributed by atoms with Crippen LogP contribution < -0.4 is 56.8 Å². The maximum atomic E-state index is 18.2. The molecule has 5 N–H and O–H groups in total. The lowest BCUT2D eigenvalue weighted by atomic mass is 9.59. The first kappa shape index (κ1) is 96.4. The number of ether oxygens (including phenoxy) is 12. The Bertz CT molecular complexity index is 6530. The third-order valence-corrected chi connectivity index (χ3v) is 23.2. The highest BCUT2D eigenvalue weighted by molar-refractivity contribution is 6.24. The lowest BCUT2D eigenvalue weighted by molar-refractivity contribution is -0.215. The summed E-state index contributed by atoms with van der Waals surface area (Å²) < 4.78 is 80.3. The normalized spacial score (nSPS) is 12.8. The van der Waals surface area contributed by atoms with Gasteiger partial charge in [0.05, 0.1) is 0 Å². The molecule has 0 bridgehead atoms. The molecule has 22 heteroatoms. The smallest absolute Gasteiger partial charge is 0.222 e. The maximum Gasteiger partial charge on any atom is 0.222 e. The second-order valence-electron chi connectivity index (χ2n) is 33.1. The van der Waals surface area contributed by atoms with Crippen molar-refractivity contribution >= 4 is 29.4 Å². The number of ketones is 4. The van der Waals surface area contributed by atoms with Crippen molar-refractivity contribution in [1.29, 1.82) is 0 Å². The molecule has 22 nitrogen and oxygen atoms in total. The van der Waals surface area contributed by atoms with Crippen LogP contribution in [-0.4, -0.2) is 84.0 Å². The number of rotatable bonds is 49. The average Bonchev–Trinajstić information content (AvgIpc) is 0.690. The van der Waals surface area contributed by atoms with Gasteiger partial charge in [0.15, 0.2) is 63.7 Å². The molecule has 0 heterocycles. The fourth-order valence-corrected chi connectivity index (χ4v) is 15.7. The van der Waals surface area contributed by atoms with Crippen LogP contribution in [0.2, 0.25) is 0 Å². The zero-order valence-electron chi connectivity index (χ0n) is 76.2. The lowest BCUT2D eigenvalue weighted by Gasteiger charge is -2.49. The summed E-state index contributed by atoms with van der Waals surface area (Å²) >= 11 is 0. The fourth-order valence-electron chi connectivity index (χ4n) is 15.7. The number of aldehydes is 1. The Hall–Kier alpha value is -16.7. The number of carbonyl (C=O) groups is 5. The number of hydrogen-bond acceptors (Lipinski definition) is 22. The van der Waals surface area contributed by atoms with Gasteiger partial charge in [0.25, 0.3) is 0 Å².